The number of hydrogen-bond donors (Lipinski definition) is 3. The van der Waals surface area contributed by atoms with Gasteiger partial charge in [0.15, 0.2) is 11.6 Å². The van der Waals surface area contributed by atoms with Crippen LogP contribution >= 0.6 is 0 Å². The number of ether oxygens (including phenoxy) is 1. The lowest BCUT2D eigenvalue weighted by Crippen LogP contribution is -2.39. The molecule has 3 aromatic rings. The zero-order valence-electron chi connectivity index (χ0n) is 14.4. The second-order valence-electron chi connectivity index (χ2n) is 5.86. The van der Waals surface area contributed by atoms with Crippen LogP contribution in [0.5, 0.6) is 0 Å². The van der Waals surface area contributed by atoms with Gasteiger partial charge in [0.2, 0.25) is 0 Å². The van der Waals surface area contributed by atoms with Gasteiger partial charge in [-0.3, -0.25) is 9.59 Å². The van der Waals surface area contributed by atoms with E-state index in [0.717, 1.165) is 17.7 Å². The average Bonchev–Trinajstić information content (AvgIpc) is 3.04. The van der Waals surface area contributed by atoms with Gasteiger partial charge in [-0.05, 0) is 11.6 Å². The lowest BCUT2D eigenvalue weighted by atomic mass is 10.1. The second-order valence-corrected chi connectivity index (χ2v) is 5.86. The Labute approximate surface area is 153 Å². The average molecular weight is 373 g/mol. The number of benzene rings is 2. The number of amides is 2. The quantitative estimate of drug-likeness (QED) is 0.602. The Balaban J connectivity index is 1.74. The molecule has 0 aliphatic carbocycles. The van der Waals surface area contributed by atoms with Crippen molar-refractivity contribution in [2.24, 2.45) is 0 Å². The molecule has 1 atom stereocenters. The van der Waals surface area contributed by atoms with Crippen LogP contribution in [-0.2, 0) is 14.3 Å². The maximum atomic E-state index is 13.5. The summed E-state index contributed by atoms with van der Waals surface area (Å²) < 4.78 is 31.8. The van der Waals surface area contributed by atoms with E-state index in [-0.39, 0.29) is 17.7 Å². The Hall–Kier alpha value is -3.26. The highest BCUT2D eigenvalue weighted by Crippen LogP contribution is 2.25. The number of fused-ring (bicyclic) bond motifs is 1. The normalized spacial score (nSPS) is 12.0. The van der Waals surface area contributed by atoms with E-state index < -0.39 is 29.5 Å². The molecule has 0 saturated carbocycles. The first kappa shape index (κ1) is 18.5. The molecule has 8 heteroatoms. The van der Waals surface area contributed by atoms with Crippen molar-refractivity contribution in [3.63, 3.8) is 0 Å². The van der Waals surface area contributed by atoms with Gasteiger partial charge in [0.05, 0.1) is 23.9 Å². The number of carbonyl (C=O) groups excluding carboxylic acids is 2. The zero-order valence-corrected chi connectivity index (χ0v) is 14.4. The van der Waals surface area contributed by atoms with E-state index in [1.165, 1.54) is 13.3 Å². The summed E-state index contributed by atoms with van der Waals surface area (Å²) in [6.07, 6.45) is 1.36. The molecule has 0 bridgehead atoms. The van der Waals surface area contributed by atoms with Gasteiger partial charge in [0.25, 0.3) is 0 Å². The summed E-state index contributed by atoms with van der Waals surface area (Å²) in [5, 5.41) is 5.25. The number of nitrogens with one attached hydrogen (secondary N) is 3. The highest BCUT2D eigenvalue weighted by molar-refractivity contribution is 6.40. The third-order valence-corrected chi connectivity index (χ3v) is 4.02. The molecule has 2 aromatic carbocycles. The van der Waals surface area contributed by atoms with Gasteiger partial charge in [0.1, 0.15) is 0 Å². The molecule has 140 valence electrons. The third kappa shape index (κ3) is 4.12. The van der Waals surface area contributed by atoms with E-state index in [1.54, 1.807) is 12.1 Å². The summed E-state index contributed by atoms with van der Waals surface area (Å²) in [5.74, 6) is -3.87. The third-order valence-electron chi connectivity index (χ3n) is 4.02. The summed E-state index contributed by atoms with van der Waals surface area (Å²) in [6, 6.07) is 10.5. The Morgan fingerprint density at radius 2 is 1.81 bits per heavy atom. The molecule has 6 nitrogen and oxygen atoms in total. The van der Waals surface area contributed by atoms with Crippen LogP contribution in [0.3, 0.4) is 0 Å². The first-order chi connectivity index (χ1) is 13.0. The van der Waals surface area contributed by atoms with Crippen LogP contribution in [-0.4, -0.2) is 30.5 Å². The van der Waals surface area contributed by atoms with E-state index in [1.807, 2.05) is 18.2 Å². The van der Waals surface area contributed by atoms with Crippen LogP contribution in [0.15, 0.2) is 48.7 Å². The molecule has 27 heavy (non-hydrogen) atoms. The summed E-state index contributed by atoms with van der Waals surface area (Å²) in [7, 11) is 1.49. The van der Waals surface area contributed by atoms with Crippen molar-refractivity contribution in [2.45, 2.75) is 6.04 Å². The van der Waals surface area contributed by atoms with Gasteiger partial charge in [-0.1, -0.05) is 30.3 Å². The standard InChI is InChI=1S/C19H17F2N3O3/c1-27-10-17(11-5-3-2-4-6-11)24-19(26)18(25)23-16-9-22-15-8-14(21)13(20)7-12(15)16/h2-9,17,22H,10H2,1H3,(H,23,25)(H,24,26). The Kier molecular flexibility index (Phi) is 5.46. The first-order valence-electron chi connectivity index (χ1n) is 8.11. The summed E-state index contributed by atoms with van der Waals surface area (Å²) in [6.45, 7) is 0.181. The largest absolute Gasteiger partial charge is 0.382 e. The summed E-state index contributed by atoms with van der Waals surface area (Å²) >= 11 is 0. The Morgan fingerprint density at radius 1 is 1.11 bits per heavy atom. The molecule has 2 amide bonds. The van der Waals surface area contributed by atoms with Gasteiger partial charge >= 0.3 is 11.8 Å². The van der Waals surface area contributed by atoms with Crippen LogP contribution in [0.1, 0.15) is 11.6 Å². The Morgan fingerprint density at radius 3 is 2.52 bits per heavy atom. The minimum absolute atomic E-state index is 0.173. The summed E-state index contributed by atoms with van der Waals surface area (Å²) in [5.41, 5.74) is 1.25. The molecule has 1 heterocycles. The van der Waals surface area contributed by atoms with E-state index >= 15 is 0 Å². The van der Waals surface area contributed by atoms with Crippen LogP contribution in [0.4, 0.5) is 14.5 Å². The van der Waals surface area contributed by atoms with Crippen LogP contribution in [0.25, 0.3) is 10.9 Å². The van der Waals surface area contributed by atoms with E-state index in [9.17, 15) is 18.4 Å². The van der Waals surface area contributed by atoms with Crippen LogP contribution in [0, 0.1) is 11.6 Å². The number of rotatable bonds is 5. The number of halogens is 2. The lowest BCUT2D eigenvalue weighted by Gasteiger charge is -2.18. The molecule has 0 saturated heterocycles. The molecule has 3 rings (SSSR count). The highest BCUT2D eigenvalue weighted by Gasteiger charge is 2.21. The molecule has 0 radical (unpaired) electrons. The number of anilines is 1. The van der Waals surface area contributed by atoms with E-state index in [4.69, 9.17) is 4.74 Å². The van der Waals surface area contributed by atoms with Gasteiger partial charge in [-0.25, -0.2) is 8.78 Å². The number of hydrogen-bond acceptors (Lipinski definition) is 3. The number of H-pyrrole nitrogens is 1. The SMILES string of the molecule is COCC(NC(=O)C(=O)Nc1c[nH]c2cc(F)c(F)cc12)c1ccccc1. The smallest absolute Gasteiger partial charge is 0.313 e. The molecule has 3 N–H and O–H groups in total. The molecule has 1 aromatic heterocycles. The van der Waals surface area contributed by atoms with Crippen molar-refractivity contribution < 1.29 is 23.1 Å². The van der Waals surface area contributed by atoms with Gasteiger partial charge in [-0.15, -0.1) is 0 Å². The van der Waals surface area contributed by atoms with Crippen LogP contribution < -0.4 is 10.6 Å². The fraction of sp³-hybridized carbons (Fsp3) is 0.158. The maximum absolute atomic E-state index is 13.5. The number of aromatic nitrogens is 1. The maximum Gasteiger partial charge on any atom is 0.313 e. The zero-order chi connectivity index (χ0) is 19.4. The highest BCUT2D eigenvalue weighted by atomic mass is 19.2. The second kappa shape index (κ2) is 7.96. The predicted octanol–water partition coefficient (Wildman–Crippen LogP) is 2.89. The van der Waals surface area contributed by atoms with Gasteiger partial charge in [-0.2, -0.15) is 0 Å². The van der Waals surface area contributed by atoms with Gasteiger partial charge < -0.3 is 20.4 Å². The topological polar surface area (TPSA) is 83.2 Å². The first-order valence-corrected chi connectivity index (χ1v) is 8.11. The van der Waals surface area contributed by atoms with Crippen molar-refractivity contribution in [1.29, 1.82) is 0 Å². The lowest BCUT2D eigenvalue weighted by molar-refractivity contribution is -0.136. The number of aromatic amines is 1. The van der Waals surface area contributed by atoms with Crippen molar-refractivity contribution >= 4 is 28.4 Å². The number of carbonyl (C=O) groups is 2. The molecular weight excluding hydrogens is 356 g/mol. The summed E-state index contributed by atoms with van der Waals surface area (Å²) in [4.78, 5) is 27.2. The molecule has 0 aliphatic rings. The molecule has 1 unspecified atom stereocenters. The minimum Gasteiger partial charge on any atom is -0.382 e. The number of methoxy groups -OCH3 is 1. The Bertz CT molecular complexity index is 973. The predicted molar refractivity (Wildman–Crippen MR) is 96.0 cm³/mol. The van der Waals surface area contributed by atoms with E-state index in [0.29, 0.717) is 5.52 Å². The molecular formula is C19H17F2N3O3. The molecule has 0 aliphatic heterocycles. The van der Waals surface area contributed by atoms with Crippen molar-refractivity contribution in [3.05, 3.63) is 65.9 Å². The monoisotopic (exact) mass is 373 g/mol. The fourth-order valence-electron chi connectivity index (χ4n) is 2.70. The van der Waals surface area contributed by atoms with Crippen molar-refractivity contribution in [2.75, 3.05) is 19.0 Å². The molecule has 0 spiro atoms. The molecule has 0 fully saturated rings. The van der Waals surface area contributed by atoms with E-state index in [2.05, 4.69) is 15.6 Å². The fourth-order valence-corrected chi connectivity index (χ4v) is 2.70. The van der Waals surface area contributed by atoms with Crippen molar-refractivity contribution in [1.82, 2.24) is 10.3 Å². The van der Waals surface area contributed by atoms with Crippen LogP contribution in [0.2, 0.25) is 0 Å². The van der Waals surface area contributed by atoms with Gasteiger partial charge in [0, 0.05) is 24.8 Å². The minimum atomic E-state index is -1.05. The van der Waals surface area contributed by atoms with Crippen molar-refractivity contribution in [3.8, 4) is 0 Å².